The minimum absolute atomic E-state index is 0.337. The van der Waals surface area contributed by atoms with Gasteiger partial charge in [-0.15, -0.1) is 0 Å². The third kappa shape index (κ3) is 0.880. The molecule has 0 aliphatic heterocycles. The van der Waals surface area contributed by atoms with Gasteiger partial charge in [0.2, 0.25) is 5.91 Å². The molecule has 1 amide bonds. The number of primary amides is 1. The van der Waals surface area contributed by atoms with E-state index >= 15 is 0 Å². The summed E-state index contributed by atoms with van der Waals surface area (Å²) in [6, 6.07) is 9.84. The molecule has 68 valence electrons. The molecular weight excluding hydrogens is 174 g/mol. The molecule has 0 spiro atoms. The third-order valence-corrected chi connectivity index (χ3v) is 2.76. The smallest absolute Gasteiger partial charge is 0.249 e. The zero-order valence-electron chi connectivity index (χ0n) is 7.58. The normalized spacial score (nSPS) is 12.6. The van der Waals surface area contributed by atoms with E-state index in [0.717, 1.165) is 11.8 Å². The summed E-state index contributed by atoms with van der Waals surface area (Å²) in [4.78, 5) is 11.2. The summed E-state index contributed by atoms with van der Waals surface area (Å²) in [5, 5.41) is 2.16. The maximum Gasteiger partial charge on any atom is 0.249 e. The lowest BCUT2D eigenvalue weighted by molar-refractivity contribution is 0.100. The highest BCUT2D eigenvalue weighted by atomic mass is 16.1. The largest absolute Gasteiger partial charge is 0.366 e. The van der Waals surface area contributed by atoms with Gasteiger partial charge >= 0.3 is 0 Å². The number of rotatable bonds is 1. The Bertz CT molecular complexity index is 557. The summed E-state index contributed by atoms with van der Waals surface area (Å²) in [6.45, 7) is 0. The summed E-state index contributed by atoms with van der Waals surface area (Å²) in [5.41, 5.74) is 8.61. The van der Waals surface area contributed by atoms with Gasteiger partial charge in [0.25, 0.3) is 0 Å². The van der Waals surface area contributed by atoms with E-state index in [1.807, 2.05) is 30.3 Å². The van der Waals surface area contributed by atoms with Gasteiger partial charge in [0.15, 0.2) is 0 Å². The quantitative estimate of drug-likeness (QED) is 0.614. The molecule has 1 aliphatic rings. The van der Waals surface area contributed by atoms with Crippen molar-refractivity contribution in [3.8, 4) is 0 Å². The van der Waals surface area contributed by atoms with Gasteiger partial charge in [-0.3, -0.25) is 4.79 Å². The lowest BCUT2D eigenvalue weighted by atomic mass is 10.0. The molecule has 0 bridgehead atoms. The van der Waals surface area contributed by atoms with Crippen molar-refractivity contribution in [1.82, 2.24) is 0 Å². The van der Waals surface area contributed by atoms with Crippen LogP contribution in [0.4, 0.5) is 0 Å². The minimum atomic E-state index is -0.337. The molecule has 0 atom stereocenters. The molecule has 2 N–H and O–H groups in total. The molecule has 0 fully saturated rings. The van der Waals surface area contributed by atoms with E-state index in [9.17, 15) is 4.79 Å². The average molecular weight is 183 g/mol. The average Bonchev–Trinajstić information content (AvgIpc) is 2.95. The zero-order valence-corrected chi connectivity index (χ0v) is 7.58. The first-order chi connectivity index (χ1) is 6.77. The Balaban J connectivity index is 2.47. The van der Waals surface area contributed by atoms with Gasteiger partial charge in [-0.05, 0) is 34.4 Å². The second kappa shape index (κ2) is 2.35. The standard InChI is InChI=1S/C12H9NO/c13-12(14)11-6-7-5-10(7)8-3-1-2-4-9(8)11/h1-4,6H,5H2,(H2,13,14). The molecule has 2 heteroatoms. The minimum Gasteiger partial charge on any atom is -0.366 e. The van der Waals surface area contributed by atoms with Gasteiger partial charge in [0.05, 0.1) is 0 Å². The summed E-state index contributed by atoms with van der Waals surface area (Å²) in [5.74, 6) is -0.337. The van der Waals surface area contributed by atoms with Crippen molar-refractivity contribution in [2.24, 2.45) is 5.73 Å². The number of carbonyl (C=O) groups is 1. The summed E-state index contributed by atoms with van der Waals surface area (Å²) in [6.07, 6.45) is 1.01. The highest BCUT2D eigenvalue weighted by molar-refractivity contribution is 6.09. The van der Waals surface area contributed by atoms with Gasteiger partial charge in [0.1, 0.15) is 0 Å². The van der Waals surface area contributed by atoms with E-state index in [4.69, 9.17) is 5.73 Å². The van der Waals surface area contributed by atoms with Crippen molar-refractivity contribution in [2.75, 3.05) is 0 Å². The molecule has 2 aromatic carbocycles. The number of benzene rings is 2. The molecule has 1 aliphatic carbocycles. The van der Waals surface area contributed by atoms with E-state index in [0.29, 0.717) is 5.56 Å². The van der Waals surface area contributed by atoms with Crippen LogP contribution in [0, 0.1) is 0 Å². The molecular formula is C12H9NO. The van der Waals surface area contributed by atoms with Crippen molar-refractivity contribution < 1.29 is 4.79 Å². The van der Waals surface area contributed by atoms with Gasteiger partial charge in [-0.25, -0.2) is 0 Å². The van der Waals surface area contributed by atoms with Crippen LogP contribution in [-0.2, 0) is 6.42 Å². The Hall–Kier alpha value is -1.83. The molecule has 0 aromatic heterocycles. The number of hydrogen-bond donors (Lipinski definition) is 1. The maximum atomic E-state index is 11.2. The number of fused-ring (bicyclic) bond motifs is 3. The second-order valence-electron chi connectivity index (χ2n) is 3.65. The van der Waals surface area contributed by atoms with Crippen LogP contribution < -0.4 is 5.73 Å². The van der Waals surface area contributed by atoms with E-state index in [2.05, 4.69) is 0 Å². The zero-order chi connectivity index (χ0) is 9.71. The maximum absolute atomic E-state index is 11.2. The third-order valence-electron chi connectivity index (χ3n) is 2.76. The molecule has 0 heterocycles. The summed E-state index contributed by atoms with van der Waals surface area (Å²) < 4.78 is 0. The fourth-order valence-corrected chi connectivity index (χ4v) is 1.99. The van der Waals surface area contributed by atoms with Crippen molar-refractivity contribution in [3.05, 3.63) is 47.0 Å². The highest BCUT2D eigenvalue weighted by Crippen LogP contribution is 2.37. The van der Waals surface area contributed by atoms with Crippen LogP contribution in [0.1, 0.15) is 21.5 Å². The summed E-state index contributed by atoms with van der Waals surface area (Å²) in [7, 11) is 0. The topological polar surface area (TPSA) is 43.1 Å². The highest BCUT2D eigenvalue weighted by Gasteiger charge is 2.23. The van der Waals surface area contributed by atoms with Gasteiger partial charge in [-0.1, -0.05) is 24.3 Å². The van der Waals surface area contributed by atoms with Crippen LogP contribution in [0.25, 0.3) is 10.8 Å². The van der Waals surface area contributed by atoms with Crippen LogP contribution in [0.2, 0.25) is 0 Å². The van der Waals surface area contributed by atoms with E-state index in [-0.39, 0.29) is 5.91 Å². The van der Waals surface area contributed by atoms with Crippen molar-refractivity contribution >= 4 is 16.7 Å². The Morgan fingerprint density at radius 2 is 1.93 bits per heavy atom. The van der Waals surface area contributed by atoms with E-state index in [1.165, 1.54) is 16.5 Å². The van der Waals surface area contributed by atoms with Crippen LogP contribution in [0.3, 0.4) is 0 Å². The molecule has 0 saturated heterocycles. The molecule has 14 heavy (non-hydrogen) atoms. The van der Waals surface area contributed by atoms with Gasteiger partial charge in [-0.2, -0.15) is 0 Å². The predicted octanol–water partition coefficient (Wildman–Crippen LogP) is 1.84. The van der Waals surface area contributed by atoms with Gasteiger partial charge in [0, 0.05) is 5.56 Å². The first-order valence-electron chi connectivity index (χ1n) is 4.60. The molecule has 3 rings (SSSR count). The Morgan fingerprint density at radius 3 is 2.64 bits per heavy atom. The lowest BCUT2D eigenvalue weighted by Crippen LogP contribution is -2.11. The van der Waals surface area contributed by atoms with Crippen molar-refractivity contribution in [1.29, 1.82) is 0 Å². The van der Waals surface area contributed by atoms with Crippen LogP contribution >= 0.6 is 0 Å². The number of nitrogens with two attached hydrogens (primary N) is 1. The molecule has 2 aromatic rings. The number of carbonyl (C=O) groups excluding carboxylic acids is 1. The fraction of sp³-hybridized carbons (Fsp3) is 0.0833. The van der Waals surface area contributed by atoms with E-state index < -0.39 is 0 Å². The Morgan fingerprint density at radius 1 is 1.21 bits per heavy atom. The number of hydrogen-bond acceptors (Lipinski definition) is 1. The lowest BCUT2D eigenvalue weighted by Gasteiger charge is -2.00. The molecule has 0 radical (unpaired) electrons. The first kappa shape index (κ1) is 7.56. The number of amides is 1. The van der Waals surface area contributed by atoms with Gasteiger partial charge < -0.3 is 5.73 Å². The van der Waals surface area contributed by atoms with E-state index in [1.54, 1.807) is 0 Å². The second-order valence-corrected chi connectivity index (χ2v) is 3.65. The molecule has 0 unspecified atom stereocenters. The Labute approximate surface area is 81.3 Å². The molecule has 2 nitrogen and oxygen atoms in total. The van der Waals surface area contributed by atoms with Crippen LogP contribution in [0.5, 0.6) is 0 Å². The monoisotopic (exact) mass is 183 g/mol. The van der Waals surface area contributed by atoms with Crippen molar-refractivity contribution in [2.45, 2.75) is 6.42 Å². The summed E-state index contributed by atoms with van der Waals surface area (Å²) >= 11 is 0. The van der Waals surface area contributed by atoms with Crippen LogP contribution in [-0.4, -0.2) is 5.91 Å². The first-order valence-corrected chi connectivity index (χ1v) is 4.60. The van der Waals surface area contributed by atoms with Crippen LogP contribution in [0.15, 0.2) is 30.3 Å². The predicted molar refractivity (Wildman–Crippen MR) is 55.3 cm³/mol. The fourth-order valence-electron chi connectivity index (χ4n) is 1.99. The molecule has 0 saturated carbocycles. The van der Waals surface area contributed by atoms with Crippen molar-refractivity contribution in [3.63, 3.8) is 0 Å². The SMILES string of the molecule is NC(=O)c1cc2c(c3ccccc13)C2. The Kier molecular flexibility index (Phi) is 1.27.